The number of hydrogen-bond acceptors (Lipinski definition) is 1. The molecule has 0 spiro atoms. The van der Waals surface area contributed by atoms with Crippen LogP contribution < -0.4 is 5.32 Å². The van der Waals surface area contributed by atoms with Gasteiger partial charge in [-0.05, 0) is 55.3 Å². The van der Waals surface area contributed by atoms with Crippen molar-refractivity contribution in [1.82, 2.24) is 5.32 Å². The quantitative estimate of drug-likeness (QED) is 0.657. The van der Waals surface area contributed by atoms with Crippen molar-refractivity contribution in [3.63, 3.8) is 0 Å². The highest BCUT2D eigenvalue weighted by Gasteiger charge is 2.30. The van der Waals surface area contributed by atoms with Gasteiger partial charge in [-0.25, -0.2) is 0 Å². The molecule has 1 aromatic rings. The van der Waals surface area contributed by atoms with Crippen molar-refractivity contribution in [3.8, 4) is 0 Å². The normalized spacial score (nSPS) is 30.6. The first-order chi connectivity index (χ1) is 6.95. The van der Waals surface area contributed by atoms with Crippen molar-refractivity contribution < 1.29 is 0 Å². The van der Waals surface area contributed by atoms with Gasteiger partial charge in [0.05, 0.1) is 0 Å². The van der Waals surface area contributed by atoms with E-state index in [0.29, 0.717) is 0 Å². The molecule has 1 N–H and O–H groups in total. The number of fused-ring (bicyclic) bond motifs is 3. The van der Waals surface area contributed by atoms with Crippen LogP contribution in [0.15, 0.2) is 24.3 Å². The lowest BCUT2D eigenvalue weighted by Crippen LogP contribution is -2.37. The number of hydrogen-bond donors (Lipinski definition) is 1. The predicted molar refractivity (Wildman–Crippen MR) is 58.5 cm³/mol. The van der Waals surface area contributed by atoms with Crippen LogP contribution in [0.25, 0.3) is 0 Å². The van der Waals surface area contributed by atoms with E-state index < -0.39 is 0 Å². The van der Waals surface area contributed by atoms with Crippen molar-refractivity contribution in [2.75, 3.05) is 13.1 Å². The molecule has 1 fully saturated rings. The first-order valence-corrected chi connectivity index (χ1v) is 5.73. The Balaban J connectivity index is 1.99. The van der Waals surface area contributed by atoms with Gasteiger partial charge in [0.15, 0.2) is 0 Å². The Labute approximate surface area is 85.5 Å². The van der Waals surface area contributed by atoms with Gasteiger partial charge in [0.1, 0.15) is 0 Å². The van der Waals surface area contributed by atoms with Crippen LogP contribution in [0.2, 0.25) is 0 Å². The number of benzene rings is 1. The van der Waals surface area contributed by atoms with Crippen LogP contribution in [0.4, 0.5) is 0 Å². The van der Waals surface area contributed by atoms with Gasteiger partial charge in [-0.1, -0.05) is 24.3 Å². The fourth-order valence-electron chi connectivity index (χ4n) is 3.10. The molecule has 0 radical (unpaired) electrons. The summed E-state index contributed by atoms with van der Waals surface area (Å²) in [5, 5.41) is 3.51. The highest BCUT2D eigenvalue weighted by atomic mass is 14.9. The molecule has 0 amide bonds. The Morgan fingerprint density at radius 3 is 3.07 bits per heavy atom. The van der Waals surface area contributed by atoms with Gasteiger partial charge in [-0.15, -0.1) is 0 Å². The Bertz CT molecular complexity index is 332. The Hall–Kier alpha value is -0.820. The molecule has 14 heavy (non-hydrogen) atoms. The summed E-state index contributed by atoms with van der Waals surface area (Å²) in [5.41, 5.74) is 3.25. The van der Waals surface area contributed by atoms with E-state index >= 15 is 0 Å². The van der Waals surface area contributed by atoms with Gasteiger partial charge in [0, 0.05) is 0 Å². The summed E-state index contributed by atoms with van der Waals surface area (Å²) >= 11 is 0. The first kappa shape index (κ1) is 8.49. The maximum Gasteiger partial charge on any atom is -0.00145 e. The maximum atomic E-state index is 3.51. The Morgan fingerprint density at radius 2 is 2.07 bits per heavy atom. The predicted octanol–water partition coefficient (Wildman–Crippen LogP) is 2.33. The maximum absolute atomic E-state index is 3.51. The molecule has 74 valence electrons. The fraction of sp³-hybridized carbons (Fsp3) is 0.538. The van der Waals surface area contributed by atoms with E-state index in [0.717, 1.165) is 11.8 Å². The van der Waals surface area contributed by atoms with Crippen LogP contribution in [-0.4, -0.2) is 13.1 Å². The van der Waals surface area contributed by atoms with Gasteiger partial charge < -0.3 is 5.32 Å². The molecule has 1 heterocycles. The van der Waals surface area contributed by atoms with E-state index in [1.54, 1.807) is 11.1 Å². The summed E-state index contributed by atoms with van der Waals surface area (Å²) in [4.78, 5) is 0. The number of piperidine rings is 1. The van der Waals surface area contributed by atoms with Gasteiger partial charge in [-0.3, -0.25) is 0 Å². The lowest BCUT2D eigenvalue weighted by molar-refractivity contribution is 0.293. The third-order valence-electron chi connectivity index (χ3n) is 3.85. The Morgan fingerprint density at radius 1 is 1.14 bits per heavy atom. The number of rotatable bonds is 0. The van der Waals surface area contributed by atoms with E-state index in [9.17, 15) is 0 Å². The molecule has 1 aromatic carbocycles. The fourth-order valence-corrected chi connectivity index (χ4v) is 3.10. The van der Waals surface area contributed by atoms with E-state index in [1.165, 1.54) is 32.4 Å². The largest absolute Gasteiger partial charge is 0.316 e. The average molecular weight is 187 g/mol. The summed E-state index contributed by atoms with van der Waals surface area (Å²) in [5.74, 6) is 1.75. The molecule has 0 bridgehead atoms. The van der Waals surface area contributed by atoms with Crippen molar-refractivity contribution >= 4 is 0 Å². The van der Waals surface area contributed by atoms with E-state index in [-0.39, 0.29) is 0 Å². The zero-order valence-electron chi connectivity index (χ0n) is 8.50. The summed E-state index contributed by atoms with van der Waals surface area (Å²) in [6, 6.07) is 9.04. The molecular formula is C13H17N. The minimum Gasteiger partial charge on any atom is -0.316 e. The molecule has 2 aliphatic rings. The smallest absolute Gasteiger partial charge is 0.00145 e. The second-order valence-corrected chi connectivity index (χ2v) is 4.60. The van der Waals surface area contributed by atoms with Crippen molar-refractivity contribution in [3.05, 3.63) is 35.4 Å². The van der Waals surface area contributed by atoms with Crippen LogP contribution in [0.5, 0.6) is 0 Å². The van der Waals surface area contributed by atoms with E-state index in [2.05, 4.69) is 29.6 Å². The lowest BCUT2D eigenvalue weighted by Gasteiger charge is -2.37. The third kappa shape index (κ3) is 1.27. The summed E-state index contributed by atoms with van der Waals surface area (Å²) in [6.07, 6.45) is 4.01. The van der Waals surface area contributed by atoms with Crippen molar-refractivity contribution in [1.29, 1.82) is 0 Å². The molecule has 1 nitrogen and oxygen atoms in total. The van der Waals surface area contributed by atoms with Crippen molar-refractivity contribution in [2.45, 2.75) is 25.2 Å². The zero-order valence-corrected chi connectivity index (χ0v) is 8.50. The molecular weight excluding hydrogens is 170 g/mol. The molecule has 3 rings (SSSR count). The molecule has 1 aliphatic heterocycles. The molecule has 1 aliphatic carbocycles. The topological polar surface area (TPSA) is 12.0 Å². The molecule has 2 atom stereocenters. The molecule has 1 saturated heterocycles. The first-order valence-electron chi connectivity index (χ1n) is 5.73. The molecule has 0 saturated carbocycles. The van der Waals surface area contributed by atoms with E-state index in [1.807, 2.05) is 0 Å². The molecule has 0 aromatic heterocycles. The molecule has 2 unspecified atom stereocenters. The molecule has 1 heteroatoms. The second kappa shape index (κ2) is 3.39. The van der Waals surface area contributed by atoms with Crippen molar-refractivity contribution in [2.24, 2.45) is 5.92 Å². The summed E-state index contributed by atoms with van der Waals surface area (Å²) in [6.45, 7) is 2.44. The standard InChI is InChI=1S/C13H17N/c1-2-4-12-10(3-1)5-6-11-9-14-8-7-13(11)12/h1-4,11,13-14H,5-9H2. The number of nitrogens with one attached hydrogen (secondary N) is 1. The second-order valence-electron chi connectivity index (χ2n) is 4.60. The SMILES string of the molecule is c1ccc2c(c1)CCC1CNCCC21. The van der Waals surface area contributed by atoms with Crippen LogP contribution in [0.1, 0.15) is 29.9 Å². The number of aryl methyl sites for hydroxylation is 1. The summed E-state index contributed by atoms with van der Waals surface area (Å²) in [7, 11) is 0. The third-order valence-corrected chi connectivity index (χ3v) is 3.85. The van der Waals surface area contributed by atoms with Crippen LogP contribution in [-0.2, 0) is 6.42 Å². The van der Waals surface area contributed by atoms with Gasteiger partial charge in [0.25, 0.3) is 0 Å². The van der Waals surface area contributed by atoms with Crippen LogP contribution >= 0.6 is 0 Å². The van der Waals surface area contributed by atoms with Crippen LogP contribution in [0, 0.1) is 5.92 Å². The van der Waals surface area contributed by atoms with Gasteiger partial charge in [0.2, 0.25) is 0 Å². The average Bonchev–Trinajstić information content (AvgIpc) is 2.29. The van der Waals surface area contributed by atoms with Gasteiger partial charge in [-0.2, -0.15) is 0 Å². The monoisotopic (exact) mass is 187 g/mol. The minimum atomic E-state index is 0.848. The zero-order chi connectivity index (χ0) is 9.38. The lowest BCUT2D eigenvalue weighted by atomic mass is 9.72. The highest BCUT2D eigenvalue weighted by molar-refractivity contribution is 5.33. The van der Waals surface area contributed by atoms with Gasteiger partial charge >= 0.3 is 0 Å². The Kier molecular flexibility index (Phi) is 2.06. The van der Waals surface area contributed by atoms with E-state index in [4.69, 9.17) is 0 Å². The highest BCUT2D eigenvalue weighted by Crippen LogP contribution is 2.39. The summed E-state index contributed by atoms with van der Waals surface area (Å²) < 4.78 is 0. The minimum absolute atomic E-state index is 0.848. The van der Waals surface area contributed by atoms with Crippen LogP contribution in [0.3, 0.4) is 0 Å².